The van der Waals surface area contributed by atoms with Crippen LogP contribution in [-0.2, 0) is 6.42 Å². The molecule has 0 aliphatic rings. The van der Waals surface area contributed by atoms with E-state index in [1.807, 2.05) is 6.07 Å². The molecule has 0 aliphatic carbocycles. The first-order valence-corrected chi connectivity index (χ1v) is 7.47. The van der Waals surface area contributed by atoms with Gasteiger partial charge in [0.1, 0.15) is 0 Å². The van der Waals surface area contributed by atoms with Gasteiger partial charge < -0.3 is 0 Å². The third-order valence-electron chi connectivity index (χ3n) is 3.16. The van der Waals surface area contributed by atoms with E-state index in [2.05, 4.69) is 61.0 Å². The molecular formula is C16H20BrN. The third-order valence-corrected chi connectivity index (χ3v) is 3.86. The molecule has 1 aromatic heterocycles. The van der Waals surface area contributed by atoms with Crippen molar-refractivity contribution in [1.29, 1.82) is 0 Å². The summed E-state index contributed by atoms with van der Waals surface area (Å²) in [6.45, 7) is 6.67. The van der Waals surface area contributed by atoms with E-state index in [0.717, 1.165) is 17.9 Å². The highest BCUT2D eigenvalue weighted by Gasteiger charge is 2.11. The topological polar surface area (TPSA) is 12.9 Å². The zero-order valence-corrected chi connectivity index (χ0v) is 12.9. The van der Waals surface area contributed by atoms with Crippen molar-refractivity contribution in [3.05, 3.63) is 41.6 Å². The van der Waals surface area contributed by atoms with E-state index in [1.54, 1.807) is 0 Å². The summed E-state index contributed by atoms with van der Waals surface area (Å²) in [7, 11) is 0. The Hall–Kier alpha value is -0.890. The van der Waals surface area contributed by atoms with Crippen LogP contribution in [0.4, 0.5) is 0 Å². The van der Waals surface area contributed by atoms with Crippen molar-refractivity contribution in [2.45, 2.75) is 38.4 Å². The number of nitrogens with zero attached hydrogens (tertiary/aromatic N) is 1. The molecule has 1 aromatic carbocycles. The standard InChI is InChI=1S/C16H20BrN/c1-11(2)8-14(17)10-16-12(3)9-13-6-4-5-7-15(13)18-16/h4-7,9,11,14H,8,10H2,1-3H3. The molecule has 18 heavy (non-hydrogen) atoms. The Bertz CT molecular complexity index is 534. The SMILES string of the molecule is Cc1cc2ccccc2nc1CC(Br)CC(C)C. The molecule has 0 radical (unpaired) electrons. The third kappa shape index (κ3) is 3.32. The van der Waals surface area contributed by atoms with Crippen LogP contribution in [-0.4, -0.2) is 9.81 Å². The van der Waals surface area contributed by atoms with E-state index < -0.39 is 0 Å². The second-order valence-electron chi connectivity index (χ2n) is 5.38. The summed E-state index contributed by atoms with van der Waals surface area (Å²) in [6, 6.07) is 10.6. The molecule has 2 rings (SSSR count). The van der Waals surface area contributed by atoms with Crippen molar-refractivity contribution < 1.29 is 0 Å². The van der Waals surface area contributed by atoms with Gasteiger partial charge in [-0.1, -0.05) is 48.0 Å². The van der Waals surface area contributed by atoms with Crippen molar-refractivity contribution in [2.75, 3.05) is 0 Å². The fourth-order valence-electron chi connectivity index (χ4n) is 2.27. The number of aryl methyl sites for hydroxylation is 1. The molecule has 0 fully saturated rings. The highest BCUT2D eigenvalue weighted by atomic mass is 79.9. The van der Waals surface area contributed by atoms with E-state index in [1.165, 1.54) is 23.1 Å². The molecule has 1 atom stereocenters. The lowest BCUT2D eigenvalue weighted by Crippen LogP contribution is -2.09. The first-order chi connectivity index (χ1) is 8.56. The molecule has 0 bridgehead atoms. The van der Waals surface area contributed by atoms with Crippen molar-refractivity contribution in [2.24, 2.45) is 5.92 Å². The van der Waals surface area contributed by atoms with Crippen molar-refractivity contribution in [3.63, 3.8) is 0 Å². The number of alkyl halides is 1. The van der Waals surface area contributed by atoms with Crippen LogP contribution in [0.1, 0.15) is 31.5 Å². The minimum atomic E-state index is 0.518. The van der Waals surface area contributed by atoms with Gasteiger partial charge in [-0.15, -0.1) is 0 Å². The highest BCUT2D eigenvalue weighted by Crippen LogP contribution is 2.21. The molecule has 0 saturated heterocycles. The highest BCUT2D eigenvalue weighted by molar-refractivity contribution is 9.09. The molecule has 1 nitrogen and oxygen atoms in total. The summed E-state index contributed by atoms with van der Waals surface area (Å²) in [4.78, 5) is 5.31. The predicted molar refractivity (Wildman–Crippen MR) is 82.4 cm³/mol. The van der Waals surface area contributed by atoms with Crippen LogP contribution in [0.5, 0.6) is 0 Å². The van der Waals surface area contributed by atoms with Gasteiger partial charge in [-0.2, -0.15) is 0 Å². The number of para-hydroxylation sites is 1. The lowest BCUT2D eigenvalue weighted by Gasteiger charge is -2.14. The van der Waals surface area contributed by atoms with Crippen LogP contribution in [0.2, 0.25) is 0 Å². The monoisotopic (exact) mass is 305 g/mol. The average Bonchev–Trinajstić information content (AvgIpc) is 2.29. The largest absolute Gasteiger partial charge is 0.253 e. The van der Waals surface area contributed by atoms with E-state index in [9.17, 15) is 0 Å². The number of aromatic nitrogens is 1. The second kappa shape index (κ2) is 5.83. The van der Waals surface area contributed by atoms with E-state index in [-0.39, 0.29) is 0 Å². The van der Waals surface area contributed by atoms with Gasteiger partial charge in [0.05, 0.1) is 5.52 Å². The summed E-state index contributed by atoms with van der Waals surface area (Å²) in [5.41, 5.74) is 3.61. The fourth-order valence-corrected chi connectivity index (χ4v) is 3.33. The molecule has 2 aromatic rings. The van der Waals surface area contributed by atoms with Crippen LogP contribution < -0.4 is 0 Å². The quantitative estimate of drug-likeness (QED) is 0.732. The number of benzene rings is 1. The number of rotatable bonds is 4. The van der Waals surface area contributed by atoms with Gasteiger partial charge in [0.15, 0.2) is 0 Å². The van der Waals surface area contributed by atoms with Crippen LogP contribution in [0.3, 0.4) is 0 Å². The first kappa shape index (κ1) is 13.5. The lowest BCUT2D eigenvalue weighted by molar-refractivity contribution is 0.568. The van der Waals surface area contributed by atoms with Crippen LogP contribution in [0.25, 0.3) is 10.9 Å². The number of halogens is 1. The Balaban J connectivity index is 2.25. The predicted octanol–water partition coefficient (Wildman–Crippen LogP) is 4.90. The van der Waals surface area contributed by atoms with Crippen molar-refractivity contribution in [3.8, 4) is 0 Å². The molecule has 1 unspecified atom stereocenters. The van der Waals surface area contributed by atoms with Crippen LogP contribution >= 0.6 is 15.9 Å². The van der Waals surface area contributed by atoms with Gasteiger partial charge in [0.25, 0.3) is 0 Å². The molecule has 0 amide bonds. The molecule has 2 heteroatoms. The van der Waals surface area contributed by atoms with Gasteiger partial charge >= 0.3 is 0 Å². The van der Waals surface area contributed by atoms with Gasteiger partial charge in [-0.25, -0.2) is 0 Å². The zero-order chi connectivity index (χ0) is 13.1. The normalized spacial score (nSPS) is 13.2. The molecule has 96 valence electrons. The van der Waals surface area contributed by atoms with Gasteiger partial charge in [0.2, 0.25) is 0 Å². The Kier molecular flexibility index (Phi) is 4.39. The summed E-state index contributed by atoms with van der Waals surface area (Å²) < 4.78 is 0. The Morgan fingerprint density at radius 3 is 2.67 bits per heavy atom. The van der Waals surface area contributed by atoms with Crippen LogP contribution in [0.15, 0.2) is 30.3 Å². The van der Waals surface area contributed by atoms with E-state index in [4.69, 9.17) is 4.98 Å². The van der Waals surface area contributed by atoms with Gasteiger partial charge in [-0.3, -0.25) is 4.98 Å². The fraction of sp³-hybridized carbons (Fsp3) is 0.438. The molecular weight excluding hydrogens is 286 g/mol. The van der Waals surface area contributed by atoms with E-state index in [0.29, 0.717) is 4.83 Å². The lowest BCUT2D eigenvalue weighted by atomic mass is 10.0. The average molecular weight is 306 g/mol. The minimum Gasteiger partial charge on any atom is -0.253 e. The summed E-state index contributed by atoms with van der Waals surface area (Å²) in [5.74, 6) is 0.718. The summed E-state index contributed by atoms with van der Waals surface area (Å²) in [5, 5.41) is 1.23. The van der Waals surface area contributed by atoms with Crippen molar-refractivity contribution >= 4 is 26.8 Å². The molecule has 0 spiro atoms. The van der Waals surface area contributed by atoms with Gasteiger partial charge in [0, 0.05) is 22.3 Å². The molecule has 0 N–H and O–H groups in total. The van der Waals surface area contributed by atoms with Crippen molar-refractivity contribution in [1.82, 2.24) is 4.98 Å². The number of hydrogen-bond donors (Lipinski definition) is 0. The Morgan fingerprint density at radius 2 is 1.94 bits per heavy atom. The Labute approximate surface area is 118 Å². The summed E-state index contributed by atoms with van der Waals surface area (Å²) >= 11 is 3.77. The molecule has 0 saturated carbocycles. The van der Waals surface area contributed by atoms with E-state index >= 15 is 0 Å². The number of fused-ring (bicyclic) bond motifs is 1. The minimum absolute atomic E-state index is 0.518. The second-order valence-corrected chi connectivity index (χ2v) is 6.67. The first-order valence-electron chi connectivity index (χ1n) is 6.55. The smallest absolute Gasteiger partial charge is 0.0705 e. The zero-order valence-electron chi connectivity index (χ0n) is 11.3. The maximum absolute atomic E-state index is 4.79. The number of hydrogen-bond acceptors (Lipinski definition) is 1. The Morgan fingerprint density at radius 1 is 1.22 bits per heavy atom. The molecule has 0 aliphatic heterocycles. The maximum atomic E-state index is 4.79. The van der Waals surface area contributed by atoms with Crippen LogP contribution in [0, 0.1) is 12.8 Å². The van der Waals surface area contributed by atoms with Gasteiger partial charge in [-0.05, 0) is 37.0 Å². The maximum Gasteiger partial charge on any atom is 0.0705 e. The summed E-state index contributed by atoms with van der Waals surface area (Å²) in [6.07, 6.45) is 2.20. The number of pyridine rings is 1. The molecule has 1 heterocycles.